The van der Waals surface area contributed by atoms with Gasteiger partial charge in [0.15, 0.2) is 0 Å². The molecule has 1 heterocycles. The number of nitrogens with one attached hydrogen (secondary N) is 1. The molecule has 2 N–H and O–H groups in total. The molecule has 1 atom stereocenters. The highest BCUT2D eigenvalue weighted by Crippen LogP contribution is 2.44. The number of hydrogen-bond acceptors (Lipinski definition) is 5. The lowest BCUT2D eigenvalue weighted by Crippen LogP contribution is -2.54. The largest absolute Gasteiger partial charge is 0.481 e. The fourth-order valence-corrected chi connectivity index (χ4v) is 4.78. The first-order chi connectivity index (χ1) is 16.3. The van der Waals surface area contributed by atoms with Gasteiger partial charge in [0.25, 0.3) is 0 Å². The quantitative estimate of drug-likeness (QED) is 0.649. The monoisotopic (exact) mass is 466 g/mol. The van der Waals surface area contributed by atoms with Crippen molar-refractivity contribution < 1.29 is 29.0 Å². The molecular formula is C26H30N2O6. The third-order valence-electron chi connectivity index (χ3n) is 6.96. The van der Waals surface area contributed by atoms with Crippen LogP contribution in [0.2, 0.25) is 0 Å². The molecule has 0 unspecified atom stereocenters. The third kappa shape index (κ3) is 4.63. The Hall–Kier alpha value is -3.39. The number of ether oxygens (including phenoxy) is 2. The van der Waals surface area contributed by atoms with E-state index in [4.69, 9.17) is 9.47 Å². The number of hydrogen-bond donors (Lipinski definition) is 2. The predicted molar refractivity (Wildman–Crippen MR) is 125 cm³/mol. The maximum atomic E-state index is 13.0. The normalized spacial score (nSPS) is 17.4. The van der Waals surface area contributed by atoms with Gasteiger partial charge in [-0.2, -0.15) is 0 Å². The molecule has 2 aromatic rings. The van der Waals surface area contributed by atoms with Crippen LogP contribution in [0.5, 0.6) is 0 Å². The standard InChI is InChI=1S/C26H30N2O6/c1-26(24(30)31)11-13-28(14-12-26)23(29)22(16-33-2)27-25(32)34-15-21-19-9-5-3-7-17(19)18-8-4-6-10-20(18)21/h3-10,21-22H,11-16H2,1-2H3,(H,27,32)(H,30,31)/t22-/m0/s1. The number of piperidine rings is 1. The zero-order valence-electron chi connectivity index (χ0n) is 19.5. The van der Waals surface area contributed by atoms with Crippen LogP contribution in [0.15, 0.2) is 48.5 Å². The van der Waals surface area contributed by atoms with Crippen LogP contribution in [0.3, 0.4) is 0 Å². The van der Waals surface area contributed by atoms with Gasteiger partial charge in [-0.3, -0.25) is 9.59 Å². The van der Waals surface area contributed by atoms with Crippen LogP contribution < -0.4 is 5.32 Å². The maximum Gasteiger partial charge on any atom is 0.407 e. The molecule has 180 valence electrons. The molecule has 4 rings (SSSR count). The van der Waals surface area contributed by atoms with Gasteiger partial charge >= 0.3 is 12.1 Å². The summed E-state index contributed by atoms with van der Waals surface area (Å²) in [7, 11) is 1.46. The molecule has 2 amide bonds. The number of carbonyl (C=O) groups is 3. The van der Waals surface area contributed by atoms with Crippen LogP contribution in [-0.2, 0) is 19.1 Å². The van der Waals surface area contributed by atoms with E-state index in [9.17, 15) is 19.5 Å². The zero-order valence-corrected chi connectivity index (χ0v) is 19.5. The first-order valence-corrected chi connectivity index (χ1v) is 11.5. The van der Waals surface area contributed by atoms with Crippen molar-refractivity contribution in [1.82, 2.24) is 10.2 Å². The molecule has 2 aromatic carbocycles. The van der Waals surface area contributed by atoms with Crippen LogP contribution in [0.4, 0.5) is 4.79 Å². The molecule has 34 heavy (non-hydrogen) atoms. The number of carbonyl (C=O) groups excluding carboxylic acids is 2. The summed E-state index contributed by atoms with van der Waals surface area (Å²) in [5.41, 5.74) is 3.65. The number of amides is 2. The summed E-state index contributed by atoms with van der Waals surface area (Å²) in [5, 5.41) is 12.0. The first kappa shape index (κ1) is 23.8. The molecule has 0 spiro atoms. The highest BCUT2D eigenvalue weighted by molar-refractivity contribution is 5.86. The highest BCUT2D eigenvalue weighted by Gasteiger charge is 2.39. The van der Waals surface area contributed by atoms with Crippen molar-refractivity contribution in [1.29, 1.82) is 0 Å². The lowest BCUT2D eigenvalue weighted by Gasteiger charge is -2.37. The minimum Gasteiger partial charge on any atom is -0.481 e. The number of carboxylic acid groups (broad SMARTS) is 1. The third-order valence-corrected chi connectivity index (χ3v) is 6.96. The molecule has 2 aliphatic rings. The van der Waals surface area contributed by atoms with Gasteiger partial charge in [-0.1, -0.05) is 48.5 Å². The summed E-state index contributed by atoms with van der Waals surface area (Å²) in [4.78, 5) is 38.7. The van der Waals surface area contributed by atoms with Gasteiger partial charge in [-0.05, 0) is 42.0 Å². The SMILES string of the molecule is COC[C@H](NC(=O)OCC1c2ccccc2-c2ccccc21)C(=O)N1CCC(C)(C(=O)O)CC1. The summed E-state index contributed by atoms with van der Waals surface area (Å²) < 4.78 is 10.7. The van der Waals surface area contributed by atoms with Crippen LogP contribution in [0.1, 0.15) is 36.8 Å². The second kappa shape index (κ2) is 9.85. The minimum atomic E-state index is -0.908. The van der Waals surface area contributed by atoms with Crippen LogP contribution >= 0.6 is 0 Å². The number of benzene rings is 2. The van der Waals surface area contributed by atoms with E-state index in [-0.39, 0.29) is 25.0 Å². The molecule has 0 saturated carbocycles. The fraction of sp³-hybridized carbons (Fsp3) is 0.423. The maximum absolute atomic E-state index is 13.0. The number of nitrogens with zero attached hydrogens (tertiary/aromatic N) is 1. The van der Waals surface area contributed by atoms with E-state index in [1.807, 2.05) is 36.4 Å². The highest BCUT2D eigenvalue weighted by atomic mass is 16.5. The smallest absolute Gasteiger partial charge is 0.407 e. The van der Waals surface area contributed by atoms with Gasteiger partial charge in [0.2, 0.25) is 5.91 Å². The summed E-state index contributed by atoms with van der Waals surface area (Å²) >= 11 is 0. The van der Waals surface area contributed by atoms with E-state index in [1.165, 1.54) is 7.11 Å². The van der Waals surface area contributed by atoms with Crippen molar-refractivity contribution in [3.8, 4) is 11.1 Å². The molecule has 0 radical (unpaired) electrons. The number of methoxy groups -OCH3 is 1. The molecule has 1 fully saturated rings. The van der Waals surface area contributed by atoms with E-state index in [1.54, 1.807) is 11.8 Å². The summed E-state index contributed by atoms with van der Waals surface area (Å²) in [5.74, 6) is -1.24. The number of fused-ring (bicyclic) bond motifs is 3. The van der Waals surface area contributed by atoms with E-state index in [0.29, 0.717) is 25.9 Å². The Bertz CT molecular complexity index is 1030. The Kier molecular flexibility index (Phi) is 6.88. The van der Waals surface area contributed by atoms with Crippen molar-refractivity contribution >= 4 is 18.0 Å². The molecule has 1 aliphatic heterocycles. The first-order valence-electron chi connectivity index (χ1n) is 11.5. The van der Waals surface area contributed by atoms with E-state index < -0.39 is 23.5 Å². The average molecular weight is 467 g/mol. The Morgan fingerprint density at radius 2 is 1.62 bits per heavy atom. The number of carboxylic acids is 1. The second-order valence-electron chi connectivity index (χ2n) is 9.17. The number of alkyl carbamates (subject to hydrolysis) is 1. The summed E-state index contributed by atoms with van der Waals surface area (Å²) in [6.45, 7) is 2.46. The van der Waals surface area contributed by atoms with Crippen LogP contribution in [-0.4, -0.2) is 67.4 Å². The van der Waals surface area contributed by atoms with E-state index in [2.05, 4.69) is 17.4 Å². The molecule has 1 saturated heterocycles. The van der Waals surface area contributed by atoms with Gasteiger partial charge in [-0.25, -0.2) is 4.79 Å². The Labute approximate surface area is 198 Å². The lowest BCUT2D eigenvalue weighted by atomic mass is 9.80. The number of aliphatic carboxylic acids is 1. The van der Waals surface area contributed by atoms with Crippen molar-refractivity contribution in [2.45, 2.75) is 31.7 Å². The molecule has 8 nitrogen and oxygen atoms in total. The van der Waals surface area contributed by atoms with E-state index in [0.717, 1.165) is 22.3 Å². The summed E-state index contributed by atoms with van der Waals surface area (Å²) in [6.07, 6.45) is 0.0295. The molecular weight excluding hydrogens is 436 g/mol. The zero-order chi connectivity index (χ0) is 24.3. The lowest BCUT2D eigenvalue weighted by molar-refractivity contribution is -0.153. The minimum absolute atomic E-state index is 0.00424. The summed E-state index contributed by atoms with van der Waals surface area (Å²) in [6, 6.07) is 15.2. The van der Waals surface area contributed by atoms with Crippen LogP contribution in [0, 0.1) is 5.41 Å². The van der Waals surface area contributed by atoms with Gasteiger partial charge in [0.1, 0.15) is 12.6 Å². The second-order valence-corrected chi connectivity index (χ2v) is 9.17. The average Bonchev–Trinajstić information content (AvgIpc) is 3.16. The molecule has 0 aromatic heterocycles. The van der Waals surface area contributed by atoms with Gasteiger partial charge in [0, 0.05) is 26.1 Å². The molecule has 8 heteroatoms. The Morgan fingerprint density at radius 3 is 2.15 bits per heavy atom. The topological polar surface area (TPSA) is 105 Å². The van der Waals surface area contributed by atoms with Gasteiger partial charge in [-0.15, -0.1) is 0 Å². The molecule has 1 aliphatic carbocycles. The van der Waals surface area contributed by atoms with E-state index >= 15 is 0 Å². The van der Waals surface area contributed by atoms with Gasteiger partial charge < -0.3 is 24.8 Å². The Balaban J connectivity index is 1.38. The number of likely N-dealkylation sites (tertiary alicyclic amines) is 1. The predicted octanol–water partition coefficient (Wildman–Crippen LogP) is 3.25. The van der Waals surface area contributed by atoms with Crippen molar-refractivity contribution in [2.24, 2.45) is 5.41 Å². The van der Waals surface area contributed by atoms with Crippen molar-refractivity contribution in [3.05, 3.63) is 59.7 Å². The van der Waals surface area contributed by atoms with Crippen molar-refractivity contribution in [3.63, 3.8) is 0 Å². The van der Waals surface area contributed by atoms with Crippen molar-refractivity contribution in [2.75, 3.05) is 33.4 Å². The fourth-order valence-electron chi connectivity index (χ4n) is 4.78. The van der Waals surface area contributed by atoms with Gasteiger partial charge in [0.05, 0.1) is 12.0 Å². The molecule has 0 bridgehead atoms. The van der Waals surface area contributed by atoms with Crippen LogP contribution in [0.25, 0.3) is 11.1 Å². The Morgan fingerprint density at radius 1 is 1.06 bits per heavy atom. The number of rotatable bonds is 7.